The molecule has 1 saturated heterocycles. The Morgan fingerprint density at radius 1 is 1.16 bits per heavy atom. The van der Waals surface area contributed by atoms with Gasteiger partial charge in [0, 0.05) is 18.7 Å². The van der Waals surface area contributed by atoms with Crippen LogP contribution in [0.4, 0.5) is 0 Å². The number of amides is 2. The van der Waals surface area contributed by atoms with Crippen LogP contribution >= 0.6 is 0 Å². The zero-order chi connectivity index (χ0) is 18.2. The standard InChI is InChI=1S/C18H24N2O4S/c1-18(2)17(22)19-11-12-20(18)16(21)13-7-9-15(10-8-13)25(23,24)14-5-3-4-6-14/h7-10,14H,3-6,11-12H2,1-2H3,(H,19,22). The van der Waals surface area contributed by atoms with E-state index in [0.29, 0.717) is 31.5 Å². The van der Waals surface area contributed by atoms with Crippen molar-refractivity contribution in [2.24, 2.45) is 0 Å². The number of benzene rings is 1. The number of carbonyl (C=O) groups is 2. The van der Waals surface area contributed by atoms with Crippen LogP contribution in [0.15, 0.2) is 29.2 Å². The van der Waals surface area contributed by atoms with Crippen molar-refractivity contribution in [1.29, 1.82) is 0 Å². The molecule has 1 N–H and O–H groups in total. The molecule has 7 heteroatoms. The molecular formula is C18H24N2O4S. The summed E-state index contributed by atoms with van der Waals surface area (Å²) in [6.07, 6.45) is 3.32. The number of hydrogen-bond donors (Lipinski definition) is 1. The normalized spacial score (nSPS) is 21.2. The number of nitrogens with zero attached hydrogens (tertiary/aromatic N) is 1. The Labute approximate surface area is 148 Å². The summed E-state index contributed by atoms with van der Waals surface area (Å²) in [5, 5.41) is 2.45. The molecule has 2 amide bonds. The van der Waals surface area contributed by atoms with Crippen LogP contribution in [0.3, 0.4) is 0 Å². The monoisotopic (exact) mass is 364 g/mol. The second-order valence-electron chi connectivity index (χ2n) is 7.25. The fraction of sp³-hybridized carbons (Fsp3) is 0.556. The summed E-state index contributed by atoms with van der Waals surface area (Å²) in [5.74, 6) is -0.447. The summed E-state index contributed by atoms with van der Waals surface area (Å²) in [5.41, 5.74) is -0.530. The van der Waals surface area contributed by atoms with Crippen LogP contribution in [0.1, 0.15) is 49.9 Å². The van der Waals surface area contributed by atoms with E-state index in [-0.39, 0.29) is 22.0 Å². The van der Waals surface area contributed by atoms with Crippen molar-refractivity contribution >= 4 is 21.7 Å². The lowest BCUT2D eigenvalue weighted by Gasteiger charge is -2.41. The molecule has 0 aromatic heterocycles. The van der Waals surface area contributed by atoms with Crippen LogP contribution in [-0.4, -0.2) is 49.0 Å². The molecule has 3 rings (SSSR count). The Hall–Kier alpha value is -1.89. The molecule has 2 aliphatic rings. The van der Waals surface area contributed by atoms with Gasteiger partial charge in [0.15, 0.2) is 9.84 Å². The zero-order valence-electron chi connectivity index (χ0n) is 14.6. The number of sulfone groups is 1. The Morgan fingerprint density at radius 3 is 2.36 bits per heavy atom. The van der Waals surface area contributed by atoms with Gasteiger partial charge in [0.1, 0.15) is 5.54 Å². The van der Waals surface area contributed by atoms with Crippen LogP contribution in [-0.2, 0) is 14.6 Å². The van der Waals surface area contributed by atoms with Gasteiger partial charge in [-0.15, -0.1) is 0 Å². The van der Waals surface area contributed by atoms with E-state index in [2.05, 4.69) is 5.32 Å². The van der Waals surface area contributed by atoms with E-state index >= 15 is 0 Å². The lowest BCUT2D eigenvalue weighted by Crippen LogP contribution is -2.63. The van der Waals surface area contributed by atoms with Gasteiger partial charge in [-0.25, -0.2) is 8.42 Å². The largest absolute Gasteiger partial charge is 0.352 e. The second kappa shape index (κ2) is 6.44. The predicted molar refractivity (Wildman–Crippen MR) is 94.0 cm³/mol. The molecule has 0 atom stereocenters. The van der Waals surface area contributed by atoms with E-state index in [1.165, 1.54) is 17.0 Å². The van der Waals surface area contributed by atoms with Gasteiger partial charge in [-0.1, -0.05) is 12.8 Å². The minimum atomic E-state index is -3.33. The predicted octanol–water partition coefficient (Wildman–Crippen LogP) is 1.75. The van der Waals surface area contributed by atoms with Crippen molar-refractivity contribution in [2.45, 2.75) is 55.2 Å². The van der Waals surface area contributed by atoms with Gasteiger partial charge in [-0.2, -0.15) is 0 Å². The highest BCUT2D eigenvalue weighted by Crippen LogP contribution is 2.30. The van der Waals surface area contributed by atoms with Crippen LogP contribution in [0, 0.1) is 0 Å². The van der Waals surface area contributed by atoms with Gasteiger partial charge >= 0.3 is 0 Å². The quantitative estimate of drug-likeness (QED) is 0.886. The van der Waals surface area contributed by atoms with E-state index in [4.69, 9.17) is 0 Å². The molecule has 0 bridgehead atoms. The van der Waals surface area contributed by atoms with Gasteiger partial charge < -0.3 is 10.2 Å². The van der Waals surface area contributed by atoms with Crippen LogP contribution in [0.2, 0.25) is 0 Å². The van der Waals surface area contributed by atoms with E-state index in [1.54, 1.807) is 26.0 Å². The topological polar surface area (TPSA) is 83.6 Å². The van der Waals surface area contributed by atoms with Crippen LogP contribution in [0.25, 0.3) is 0 Å². The van der Waals surface area contributed by atoms with Crippen LogP contribution in [0.5, 0.6) is 0 Å². The van der Waals surface area contributed by atoms with E-state index in [1.807, 2.05) is 0 Å². The average molecular weight is 364 g/mol. The highest BCUT2D eigenvalue weighted by Gasteiger charge is 2.40. The van der Waals surface area contributed by atoms with Gasteiger partial charge in [0.25, 0.3) is 5.91 Å². The minimum absolute atomic E-state index is 0.187. The van der Waals surface area contributed by atoms with Gasteiger partial charge in [-0.3, -0.25) is 9.59 Å². The third-order valence-corrected chi connectivity index (χ3v) is 7.55. The Bertz CT molecular complexity index is 778. The number of piperazine rings is 1. The number of carbonyl (C=O) groups excluding carboxylic acids is 2. The second-order valence-corrected chi connectivity index (χ2v) is 9.48. The summed E-state index contributed by atoms with van der Waals surface area (Å²) in [7, 11) is -3.33. The van der Waals surface area contributed by atoms with E-state index in [0.717, 1.165) is 12.8 Å². The molecule has 136 valence electrons. The molecule has 1 aliphatic carbocycles. The molecule has 0 unspecified atom stereocenters. The fourth-order valence-electron chi connectivity index (χ4n) is 3.59. The van der Waals surface area contributed by atoms with Crippen molar-refractivity contribution in [1.82, 2.24) is 10.2 Å². The highest BCUT2D eigenvalue weighted by molar-refractivity contribution is 7.92. The molecule has 0 spiro atoms. The Balaban J connectivity index is 1.82. The molecule has 2 fully saturated rings. The molecule has 1 aromatic rings. The van der Waals surface area contributed by atoms with Crippen molar-refractivity contribution in [2.75, 3.05) is 13.1 Å². The fourth-order valence-corrected chi connectivity index (χ4v) is 5.44. The number of hydrogen-bond acceptors (Lipinski definition) is 4. The maximum absolute atomic E-state index is 12.8. The Morgan fingerprint density at radius 2 is 1.76 bits per heavy atom. The first-order valence-electron chi connectivity index (χ1n) is 8.69. The molecule has 6 nitrogen and oxygen atoms in total. The molecule has 1 aromatic carbocycles. The maximum atomic E-state index is 12.8. The van der Waals surface area contributed by atoms with Gasteiger partial charge in [0.2, 0.25) is 5.91 Å². The number of nitrogens with one attached hydrogen (secondary N) is 1. The lowest BCUT2D eigenvalue weighted by molar-refractivity contribution is -0.133. The first-order valence-corrected chi connectivity index (χ1v) is 10.2. The first-order chi connectivity index (χ1) is 11.7. The third-order valence-electron chi connectivity index (χ3n) is 5.27. The SMILES string of the molecule is CC1(C)C(=O)NCCN1C(=O)c1ccc(S(=O)(=O)C2CCCC2)cc1. The molecule has 0 radical (unpaired) electrons. The average Bonchev–Trinajstić information content (AvgIpc) is 3.12. The molecular weight excluding hydrogens is 340 g/mol. The summed E-state index contributed by atoms with van der Waals surface area (Å²) < 4.78 is 25.2. The maximum Gasteiger partial charge on any atom is 0.254 e. The molecule has 1 heterocycles. The summed E-state index contributed by atoms with van der Waals surface area (Å²) in [6, 6.07) is 6.12. The Kier molecular flexibility index (Phi) is 4.62. The van der Waals surface area contributed by atoms with Crippen molar-refractivity contribution in [3.8, 4) is 0 Å². The van der Waals surface area contributed by atoms with Crippen molar-refractivity contribution < 1.29 is 18.0 Å². The minimum Gasteiger partial charge on any atom is -0.352 e. The summed E-state index contributed by atoms with van der Waals surface area (Å²) >= 11 is 0. The van der Waals surface area contributed by atoms with E-state index in [9.17, 15) is 18.0 Å². The number of rotatable bonds is 3. The molecule has 1 aliphatic heterocycles. The van der Waals surface area contributed by atoms with E-state index < -0.39 is 15.4 Å². The van der Waals surface area contributed by atoms with Crippen LogP contribution < -0.4 is 5.32 Å². The zero-order valence-corrected chi connectivity index (χ0v) is 15.4. The molecule has 1 saturated carbocycles. The van der Waals surface area contributed by atoms with Gasteiger partial charge in [-0.05, 0) is 51.0 Å². The molecule has 25 heavy (non-hydrogen) atoms. The smallest absolute Gasteiger partial charge is 0.254 e. The van der Waals surface area contributed by atoms with Gasteiger partial charge in [0.05, 0.1) is 10.1 Å². The summed E-state index contributed by atoms with van der Waals surface area (Å²) in [4.78, 5) is 26.6. The third kappa shape index (κ3) is 3.17. The highest BCUT2D eigenvalue weighted by atomic mass is 32.2. The van der Waals surface area contributed by atoms with Crippen molar-refractivity contribution in [3.05, 3.63) is 29.8 Å². The van der Waals surface area contributed by atoms with Crippen molar-refractivity contribution in [3.63, 3.8) is 0 Å². The summed E-state index contributed by atoms with van der Waals surface area (Å²) in [6.45, 7) is 4.26. The lowest BCUT2D eigenvalue weighted by atomic mass is 9.97. The first kappa shape index (κ1) is 17.9.